The zero-order valence-electron chi connectivity index (χ0n) is 13.8. The van der Waals surface area contributed by atoms with Gasteiger partial charge in [-0.3, -0.25) is 4.79 Å². The third kappa shape index (κ3) is 5.60. The number of amides is 1. The zero-order valence-corrected chi connectivity index (χ0v) is 14.5. The molecular weight excluding hydrogens is 352 g/mol. The minimum Gasteiger partial charge on any atom is -0.478 e. The summed E-state index contributed by atoms with van der Waals surface area (Å²) in [6.07, 6.45) is 0. The Morgan fingerprint density at radius 2 is 1.80 bits per heavy atom. The van der Waals surface area contributed by atoms with E-state index in [9.17, 15) is 13.6 Å². The highest BCUT2D eigenvalue weighted by Crippen LogP contribution is 2.22. The van der Waals surface area contributed by atoms with Crippen LogP contribution in [0.1, 0.15) is 19.4 Å². The highest BCUT2D eigenvalue weighted by Gasteiger charge is 2.30. The number of para-hydroxylation sites is 1. The lowest BCUT2D eigenvalue weighted by Gasteiger charge is -2.25. The van der Waals surface area contributed by atoms with Crippen LogP contribution in [0.25, 0.3) is 0 Å². The van der Waals surface area contributed by atoms with Gasteiger partial charge in [0.1, 0.15) is 11.5 Å². The standard InChI is InChI=1S/C18H18ClF2NO3/c1-18(2,25-14-9-7-13(19)8-10-14)16(23)22-11-12-5-3-4-6-15(12)24-17(20)21/h3-10,17H,11H2,1-2H3,(H,22,23). The minimum atomic E-state index is -2.93. The van der Waals surface area contributed by atoms with E-state index in [0.29, 0.717) is 16.3 Å². The molecule has 134 valence electrons. The van der Waals surface area contributed by atoms with Crippen molar-refractivity contribution in [3.8, 4) is 11.5 Å². The lowest BCUT2D eigenvalue weighted by atomic mass is 10.1. The van der Waals surface area contributed by atoms with Gasteiger partial charge in [0.25, 0.3) is 5.91 Å². The second kappa shape index (κ2) is 8.16. The first-order valence-electron chi connectivity index (χ1n) is 7.53. The largest absolute Gasteiger partial charge is 0.478 e. The SMILES string of the molecule is CC(C)(Oc1ccc(Cl)cc1)C(=O)NCc1ccccc1OC(F)F. The molecule has 0 aliphatic heterocycles. The van der Waals surface area contributed by atoms with Gasteiger partial charge >= 0.3 is 6.61 Å². The second-order valence-corrected chi connectivity index (χ2v) is 6.17. The van der Waals surface area contributed by atoms with Crippen molar-refractivity contribution in [2.24, 2.45) is 0 Å². The van der Waals surface area contributed by atoms with Crippen molar-refractivity contribution < 1.29 is 23.0 Å². The average Bonchev–Trinajstić information content (AvgIpc) is 2.55. The molecule has 0 unspecified atom stereocenters. The first kappa shape index (κ1) is 19.0. The Morgan fingerprint density at radius 1 is 1.16 bits per heavy atom. The van der Waals surface area contributed by atoms with E-state index in [1.54, 1.807) is 56.3 Å². The van der Waals surface area contributed by atoms with Gasteiger partial charge in [-0.15, -0.1) is 0 Å². The molecule has 0 saturated heterocycles. The van der Waals surface area contributed by atoms with Gasteiger partial charge in [0.2, 0.25) is 0 Å². The number of benzene rings is 2. The number of hydrogen-bond donors (Lipinski definition) is 1. The van der Waals surface area contributed by atoms with Gasteiger partial charge in [-0.25, -0.2) is 0 Å². The van der Waals surface area contributed by atoms with Crippen LogP contribution in [0.15, 0.2) is 48.5 Å². The van der Waals surface area contributed by atoms with E-state index in [0.717, 1.165) is 0 Å². The summed E-state index contributed by atoms with van der Waals surface area (Å²) in [5, 5.41) is 3.23. The summed E-state index contributed by atoms with van der Waals surface area (Å²) in [4.78, 5) is 12.4. The molecule has 0 fully saturated rings. The fraction of sp³-hybridized carbons (Fsp3) is 0.278. The number of carbonyl (C=O) groups is 1. The Balaban J connectivity index is 2.00. The molecule has 1 N–H and O–H groups in total. The minimum absolute atomic E-state index is 0.0224. The molecule has 0 aliphatic rings. The molecule has 7 heteroatoms. The Kier molecular flexibility index (Phi) is 6.20. The molecule has 0 bridgehead atoms. The Labute approximate surface area is 149 Å². The fourth-order valence-electron chi connectivity index (χ4n) is 2.09. The van der Waals surface area contributed by atoms with Gasteiger partial charge in [0.15, 0.2) is 5.60 Å². The van der Waals surface area contributed by atoms with Crippen molar-refractivity contribution in [1.82, 2.24) is 5.32 Å². The summed E-state index contributed by atoms with van der Waals surface area (Å²) < 4.78 is 35.0. The average molecular weight is 370 g/mol. The van der Waals surface area contributed by atoms with Gasteiger partial charge in [-0.1, -0.05) is 29.8 Å². The third-order valence-electron chi connectivity index (χ3n) is 3.36. The molecule has 2 aromatic carbocycles. The van der Waals surface area contributed by atoms with Gasteiger partial charge in [0, 0.05) is 17.1 Å². The van der Waals surface area contributed by atoms with E-state index < -0.39 is 18.1 Å². The van der Waals surface area contributed by atoms with Crippen molar-refractivity contribution in [1.29, 1.82) is 0 Å². The maximum Gasteiger partial charge on any atom is 0.387 e. The van der Waals surface area contributed by atoms with Gasteiger partial charge in [0.05, 0.1) is 0 Å². The first-order chi connectivity index (χ1) is 11.8. The summed E-state index contributed by atoms with van der Waals surface area (Å²) in [5.41, 5.74) is -0.717. The van der Waals surface area contributed by atoms with Crippen molar-refractivity contribution >= 4 is 17.5 Å². The smallest absolute Gasteiger partial charge is 0.387 e. The van der Waals surface area contributed by atoms with Crippen LogP contribution in [0.3, 0.4) is 0 Å². The number of carbonyl (C=O) groups excluding carboxylic acids is 1. The van der Waals surface area contributed by atoms with Crippen molar-refractivity contribution in [3.05, 3.63) is 59.1 Å². The Bertz CT molecular complexity index is 721. The van der Waals surface area contributed by atoms with E-state index in [1.165, 1.54) is 6.07 Å². The molecule has 0 heterocycles. The van der Waals surface area contributed by atoms with Crippen LogP contribution in [0.2, 0.25) is 5.02 Å². The quantitative estimate of drug-likeness (QED) is 0.786. The Hall–Kier alpha value is -2.34. The highest BCUT2D eigenvalue weighted by atomic mass is 35.5. The molecule has 25 heavy (non-hydrogen) atoms. The topological polar surface area (TPSA) is 47.6 Å². The highest BCUT2D eigenvalue weighted by molar-refractivity contribution is 6.30. The molecule has 0 aliphatic carbocycles. The normalized spacial score (nSPS) is 11.3. The van der Waals surface area contributed by atoms with Crippen LogP contribution in [0.4, 0.5) is 8.78 Å². The first-order valence-corrected chi connectivity index (χ1v) is 7.91. The van der Waals surface area contributed by atoms with Crippen LogP contribution in [0.5, 0.6) is 11.5 Å². The van der Waals surface area contributed by atoms with Gasteiger partial charge in [-0.05, 0) is 44.2 Å². The van der Waals surface area contributed by atoms with Crippen molar-refractivity contribution in [2.45, 2.75) is 32.6 Å². The van der Waals surface area contributed by atoms with Crippen molar-refractivity contribution in [3.63, 3.8) is 0 Å². The fourth-order valence-corrected chi connectivity index (χ4v) is 2.22. The lowest BCUT2D eigenvalue weighted by molar-refractivity contribution is -0.134. The maximum atomic E-state index is 12.4. The lowest BCUT2D eigenvalue weighted by Crippen LogP contribution is -2.46. The van der Waals surface area contributed by atoms with Gasteiger partial charge in [-0.2, -0.15) is 8.78 Å². The van der Waals surface area contributed by atoms with E-state index in [2.05, 4.69) is 10.1 Å². The Morgan fingerprint density at radius 3 is 2.44 bits per heavy atom. The van der Waals surface area contributed by atoms with Crippen LogP contribution >= 0.6 is 11.6 Å². The molecule has 0 saturated carbocycles. The predicted octanol–water partition coefficient (Wildman–Crippen LogP) is 4.42. The van der Waals surface area contributed by atoms with E-state index >= 15 is 0 Å². The monoisotopic (exact) mass is 369 g/mol. The molecule has 0 radical (unpaired) electrons. The summed E-state index contributed by atoms with van der Waals surface area (Å²) in [6, 6.07) is 12.9. The van der Waals surface area contributed by atoms with Crippen LogP contribution in [-0.4, -0.2) is 18.1 Å². The van der Waals surface area contributed by atoms with E-state index in [-0.39, 0.29) is 12.3 Å². The summed E-state index contributed by atoms with van der Waals surface area (Å²) >= 11 is 5.81. The van der Waals surface area contributed by atoms with Crippen LogP contribution in [-0.2, 0) is 11.3 Å². The van der Waals surface area contributed by atoms with Crippen LogP contribution < -0.4 is 14.8 Å². The zero-order chi connectivity index (χ0) is 18.4. The van der Waals surface area contributed by atoms with Crippen molar-refractivity contribution in [2.75, 3.05) is 0 Å². The predicted molar refractivity (Wildman–Crippen MR) is 91.1 cm³/mol. The maximum absolute atomic E-state index is 12.4. The molecule has 0 atom stereocenters. The number of alkyl halides is 2. The number of halogens is 3. The molecular formula is C18H18ClF2NO3. The summed E-state index contributed by atoms with van der Waals surface area (Å²) in [5.74, 6) is 0.120. The molecule has 2 rings (SSSR count). The second-order valence-electron chi connectivity index (χ2n) is 5.74. The third-order valence-corrected chi connectivity index (χ3v) is 3.61. The van der Waals surface area contributed by atoms with E-state index in [1.807, 2.05) is 0 Å². The van der Waals surface area contributed by atoms with E-state index in [4.69, 9.17) is 16.3 Å². The molecule has 0 aromatic heterocycles. The number of ether oxygens (including phenoxy) is 2. The molecule has 4 nitrogen and oxygen atoms in total. The molecule has 1 amide bonds. The van der Waals surface area contributed by atoms with Gasteiger partial charge < -0.3 is 14.8 Å². The summed E-state index contributed by atoms with van der Waals surface area (Å²) in [6.45, 7) is 0.327. The molecule has 0 spiro atoms. The summed E-state index contributed by atoms with van der Waals surface area (Å²) in [7, 11) is 0. The number of rotatable bonds is 7. The van der Waals surface area contributed by atoms with Crippen LogP contribution in [0, 0.1) is 0 Å². The number of hydrogen-bond acceptors (Lipinski definition) is 3. The molecule has 2 aromatic rings. The number of nitrogens with one attached hydrogen (secondary N) is 1.